The van der Waals surface area contributed by atoms with Crippen molar-refractivity contribution < 1.29 is 8.91 Å². The standard InChI is InChI=1S/C21H25FN4OS/c1-21(2,3)20-23-17(13-28-20)12-26-9-5-7-15(11-26)19-24-18(25-27-19)14-6-4-8-16(22)10-14/h4,6,8,10,13,15H,5,7,9,11-12H2,1-3H3. The zero-order valence-corrected chi connectivity index (χ0v) is 17.3. The maximum Gasteiger partial charge on any atom is 0.231 e. The molecule has 7 heteroatoms. The van der Waals surface area contributed by atoms with Crippen LogP contribution >= 0.6 is 11.3 Å². The van der Waals surface area contributed by atoms with Gasteiger partial charge in [0.15, 0.2) is 0 Å². The Bertz CT molecular complexity index is 946. The van der Waals surface area contributed by atoms with Crippen molar-refractivity contribution >= 4 is 11.3 Å². The van der Waals surface area contributed by atoms with Gasteiger partial charge in [0.2, 0.25) is 11.7 Å². The third-order valence-electron chi connectivity index (χ3n) is 4.96. The summed E-state index contributed by atoms with van der Waals surface area (Å²) < 4.78 is 19.0. The third-order valence-corrected chi connectivity index (χ3v) is 6.28. The van der Waals surface area contributed by atoms with Crippen LogP contribution in [0.3, 0.4) is 0 Å². The number of nitrogens with zero attached hydrogens (tertiary/aromatic N) is 4. The fraction of sp³-hybridized carbons (Fsp3) is 0.476. The van der Waals surface area contributed by atoms with E-state index in [9.17, 15) is 4.39 Å². The molecule has 2 aromatic heterocycles. The molecule has 0 saturated carbocycles. The molecular formula is C21H25FN4OS. The SMILES string of the molecule is CC(C)(C)c1nc(CN2CCCC(c3nc(-c4cccc(F)c4)no3)C2)cs1. The molecule has 3 heterocycles. The summed E-state index contributed by atoms with van der Waals surface area (Å²) in [6.45, 7) is 9.33. The third kappa shape index (κ3) is 4.31. The van der Waals surface area contributed by atoms with E-state index < -0.39 is 0 Å². The summed E-state index contributed by atoms with van der Waals surface area (Å²) in [4.78, 5) is 11.8. The highest BCUT2D eigenvalue weighted by atomic mass is 32.1. The Labute approximate surface area is 168 Å². The number of rotatable bonds is 4. The Morgan fingerprint density at radius 3 is 2.89 bits per heavy atom. The minimum atomic E-state index is -0.300. The zero-order chi connectivity index (χ0) is 19.7. The Hall–Kier alpha value is -2.12. The molecule has 0 bridgehead atoms. The van der Waals surface area contributed by atoms with E-state index in [0.29, 0.717) is 17.3 Å². The molecule has 0 amide bonds. The van der Waals surface area contributed by atoms with E-state index in [1.54, 1.807) is 23.5 Å². The smallest absolute Gasteiger partial charge is 0.231 e. The molecule has 1 aliphatic heterocycles. The lowest BCUT2D eigenvalue weighted by atomic mass is 9.97. The van der Waals surface area contributed by atoms with Crippen molar-refractivity contribution in [2.75, 3.05) is 13.1 Å². The van der Waals surface area contributed by atoms with E-state index in [4.69, 9.17) is 9.51 Å². The van der Waals surface area contributed by atoms with E-state index in [-0.39, 0.29) is 17.2 Å². The molecule has 5 nitrogen and oxygen atoms in total. The number of piperidine rings is 1. The highest BCUT2D eigenvalue weighted by Crippen LogP contribution is 2.30. The molecule has 0 spiro atoms. The van der Waals surface area contributed by atoms with Crippen LogP contribution < -0.4 is 0 Å². The largest absolute Gasteiger partial charge is 0.339 e. The molecule has 28 heavy (non-hydrogen) atoms. The van der Waals surface area contributed by atoms with Crippen molar-refractivity contribution in [3.63, 3.8) is 0 Å². The molecule has 1 unspecified atom stereocenters. The number of benzene rings is 1. The molecule has 0 aliphatic carbocycles. The van der Waals surface area contributed by atoms with Crippen molar-refractivity contribution in [3.8, 4) is 11.4 Å². The molecule has 1 aromatic carbocycles. The average Bonchev–Trinajstić information content (AvgIpc) is 3.31. The summed E-state index contributed by atoms with van der Waals surface area (Å²) in [5, 5.41) is 7.40. The van der Waals surface area contributed by atoms with Crippen molar-refractivity contribution in [1.29, 1.82) is 0 Å². The Kier molecular flexibility index (Phi) is 5.29. The lowest BCUT2D eigenvalue weighted by molar-refractivity contribution is 0.178. The van der Waals surface area contributed by atoms with Gasteiger partial charge in [0.1, 0.15) is 5.82 Å². The molecule has 1 aliphatic rings. The Morgan fingerprint density at radius 2 is 2.14 bits per heavy atom. The second-order valence-corrected chi connectivity index (χ2v) is 9.29. The van der Waals surface area contributed by atoms with Crippen molar-refractivity contribution in [3.05, 3.63) is 52.1 Å². The first kappa shape index (κ1) is 19.2. The second kappa shape index (κ2) is 7.72. The van der Waals surface area contributed by atoms with Crippen LogP contribution in [0.4, 0.5) is 4.39 Å². The molecule has 4 rings (SSSR count). The van der Waals surface area contributed by atoms with Crippen LogP contribution in [-0.2, 0) is 12.0 Å². The number of halogens is 1. The van der Waals surface area contributed by atoms with Crippen LogP contribution in [-0.4, -0.2) is 33.1 Å². The maximum atomic E-state index is 13.4. The Balaban J connectivity index is 1.43. The summed E-state index contributed by atoms with van der Waals surface area (Å²) >= 11 is 1.74. The van der Waals surface area contributed by atoms with E-state index in [1.165, 1.54) is 17.1 Å². The lowest BCUT2D eigenvalue weighted by Gasteiger charge is -2.30. The van der Waals surface area contributed by atoms with Crippen molar-refractivity contribution in [2.45, 2.75) is 51.5 Å². The van der Waals surface area contributed by atoms with Crippen LogP contribution in [0, 0.1) is 5.82 Å². The highest BCUT2D eigenvalue weighted by molar-refractivity contribution is 7.09. The van der Waals surface area contributed by atoms with Crippen molar-refractivity contribution in [1.82, 2.24) is 20.0 Å². The van der Waals surface area contributed by atoms with Gasteiger partial charge in [-0.1, -0.05) is 38.1 Å². The molecule has 0 N–H and O–H groups in total. The van der Waals surface area contributed by atoms with Crippen molar-refractivity contribution in [2.24, 2.45) is 0 Å². The van der Waals surface area contributed by atoms with E-state index >= 15 is 0 Å². The van der Waals surface area contributed by atoms with Crippen LogP contribution in [0.15, 0.2) is 34.2 Å². The van der Waals surface area contributed by atoms with Crippen LogP contribution in [0.1, 0.15) is 56.1 Å². The summed E-state index contributed by atoms with van der Waals surface area (Å²) in [6, 6.07) is 6.28. The second-order valence-electron chi connectivity index (χ2n) is 8.43. The predicted octanol–water partition coefficient (Wildman–Crippen LogP) is 5.01. The lowest BCUT2D eigenvalue weighted by Crippen LogP contribution is -2.34. The number of hydrogen-bond acceptors (Lipinski definition) is 6. The zero-order valence-electron chi connectivity index (χ0n) is 16.5. The van der Waals surface area contributed by atoms with Gasteiger partial charge in [-0.25, -0.2) is 9.37 Å². The van der Waals surface area contributed by atoms with E-state index in [2.05, 4.69) is 41.2 Å². The van der Waals surface area contributed by atoms with Gasteiger partial charge in [0, 0.05) is 29.4 Å². The van der Waals surface area contributed by atoms with Gasteiger partial charge in [-0.05, 0) is 31.5 Å². The molecule has 148 valence electrons. The number of thiazole rings is 1. The van der Waals surface area contributed by atoms with Gasteiger partial charge in [-0.15, -0.1) is 11.3 Å². The van der Waals surface area contributed by atoms with E-state index in [1.807, 2.05) is 0 Å². The normalized spacial score (nSPS) is 18.5. The van der Waals surface area contributed by atoms with Crippen LogP contribution in [0.2, 0.25) is 0 Å². The predicted molar refractivity (Wildman–Crippen MR) is 108 cm³/mol. The average molecular weight is 401 g/mol. The summed E-state index contributed by atoms with van der Waals surface area (Å²) in [5.74, 6) is 0.980. The number of hydrogen-bond donors (Lipinski definition) is 0. The summed E-state index contributed by atoms with van der Waals surface area (Å²) in [5.41, 5.74) is 1.85. The van der Waals surface area contributed by atoms with Gasteiger partial charge < -0.3 is 4.52 Å². The van der Waals surface area contributed by atoms with Gasteiger partial charge in [0.05, 0.1) is 16.6 Å². The fourth-order valence-corrected chi connectivity index (χ4v) is 4.40. The number of aromatic nitrogens is 3. The van der Waals surface area contributed by atoms with E-state index in [0.717, 1.165) is 38.2 Å². The van der Waals surface area contributed by atoms with Gasteiger partial charge in [-0.3, -0.25) is 4.90 Å². The number of likely N-dealkylation sites (tertiary alicyclic amines) is 1. The first-order chi connectivity index (χ1) is 13.4. The fourth-order valence-electron chi connectivity index (χ4n) is 3.50. The van der Waals surface area contributed by atoms with Gasteiger partial charge in [-0.2, -0.15) is 4.98 Å². The molecular weight excluding hydrogens is 375 g/mol. The summed E-state index contributed by atoms with van der Waals surface area (Å²) in [7, 11) is 0. The first-order valence-corrected chi connectivity index (χ1v) is 10.5. The molecule has 1 fully saturated rings. The maximum absolute atomic E-state index is 13.4. The topological polar surface area (TPSA) is 55.1 Å². The minimum Gasteiger partial charge on any atom is -0.339 e. The van der Waals surface area contributed by atoms with Gasteiger partial charge >= 0.3 is 0 Å². The molecule has 0 radical (unpaired) electrons. The monoisotopic (exact) mass is 400 g/mol. The first-order valence-electron chi connectivity index (χ1n) is 9.65. The van der Waals surface area contributed by atoms with Gasteiger partial charge in [0.25, 0.3) is 0 Å². The summed E-state index contributed by atoms with van der Waals surface area (Å²) in [6.07, 6.45) is 2.10. The highest BCUT2D eigenvalue weighted by Gasteiger charge is 2.27. The quantitative estimate of drug-likeness (QED) is 0.616. The van der Waals surface area contributed by atoms with Crippen LogP contribution in [0.5, 0.6) is 0 Å². The molecule has 1 atom stereocenters. The minimum absolute atomic E-state index is 0.0877. The van der Waals surface area contributed by atoms with Crippen LogP contribution in [0.25, 0.3) is 11.4 Å². The Morgan fingerprint density at radius 1 is 1.29 bits per heavy atom. The molecule has 1 saturated heterocycles. The molecule has 3 aromatic rings.